The molecule has 0 bridgehead atoms. The molecule has 0 aliphatic heterocycles. The third-order valence-electron chi connectivity index (χ3n) is 4.00. The van der Waals surface area contributed by atoms with Crippen molar-refractivity contribution in [3.05, 3.63) is 59.2 Å². The third-order valence-corrected chi connectivity index (χ3v) is 5.41. The third kappa shape index (κ3) is 5.14. The standard InChI is InChI=1S/C19H24N2O3S/c1-4-15-6-7-16(5-2)17(12-15)13-20-25(23,24)19-10-8-18(9-11-19)21-14(3)22/h6-12,20H,4-5,13H2,1-3H3,(H,21,22). The normalized spacial score (nSPS) is 11.3. The summed E-state index contributed by atoms with van der Waals surface area (Å²) < 4.78 is 27.7. The molecular formula is C19H24N2O3S. The van der Waals surface area contributed by atoms with Crippen molar-refractivity contribution < 1.29 is 13.2 Å². The second-order valence-corrected chi connectivity index (χ2v) is 7.61. The molecule has 2 N–H and O–H groups in total. The van der Waals surface area contributed by atoms with Crippen LogP contribution in [-0.2, 0) is 34.2 Å². The van der Waals surface area contributed by atoms with Crippen molar-refractivity contribution in [2.75, 3.05) is 5.32 Å². The molecule has 0 heterocycles. The van der Waals surface area contributed by atoms with Crippen LogP contribution in [-0.4, -0.2) is 14.3 Å². The summed E-state index contributed by atoms with van der Waals surface area (Å²) >= 11 is 0. The highest BCUT2D eigenvalue weighted by molar-refractivity contribution is 7.89. The number of rotatable bonds is 7. The topological polar surface area (TPSA) is 75.3 Å². The lowest BCUT2D eigenvalue weighted by Gasteiger charge is -2.12. The largest absolute Gasteiger partial charge is 0.326 e. The van der Waals surface area contributed by atoms with Crippen LogP contribution in [0, 0.1) is 0 Å². The Morgan fingerprint density at radius 3 is 2.20 bits per heavy atom. The summed E-state index contributed by atoms with van der Waals surface area (Å²) in [5.74, 6) is -0.198. The molecule has 134 valence electrons. The summed E-state index contributed by atoms with van der Waals surface area (Å²) in [4.78, 5) is 11.2. The maximum Gasteiger partial charge on any atom is 0.240 e. The Kier molecular flexibility index (Phi) is 6.33. The highest BCUT2D eigenvalue weighted by Gasteiger charge is 2.14. The van der Waals surface area contributed by atoms with E-state index in [-0.39, 0.29) is 17.3 Å². The van der Waals surface area contributed by atoms with Crippen LogP contribution >= 0.6 is 0 Å². The van der Waals surface area contributed by atoms with E-state index < -0.39 is 10.0 Å². The highest BCUT2D eigenvalue weighted by Crippen LogP contribution is 2.17. The van der Waals surface area contributed by atoms with E-state index in [1.54, 1.807) is 12.1 Å². The van der Waals surface area contributed by atoms with Crippen LogP contribution in [0.2, 0.25) is 0 Å². The fourth-order valence-corrected chi connectivity index (χ4v) is 3.59. The highest BCUT2D eigenvalue weighted by atomic mass is 32.2. The maximum absolute atomic E-state index is 12.5. The van der Waals surface area contributed by atoms with Gasteiger partial charge in [0.25, 0.3) is 0 Å². The van der Waals surface area contributed by atoms with Gasteiger partial charge in [-0.2, -0.15) is 0 Å². The minimum Gasteiger partial charge on any atom is -0.326 e. The monoisotopic (exact) mass is 360 g/mol. The fourth-order valence-electron chi connectivity index (χ4n) is 2.59. The van der Waals surface area contributed by atoms with Gasteiger partial charge in [0.05, 0.1) is 4.90 Å². The molecule has 0 aliphatic carbocycles. The summed E-state index contributed by atoms with van der Waals surface area (Å²) in [6, 6.07) is 12.3. The van der Waals surface area contributed by atoms with Gasteiger partial charge in [0.15, 0.2) is 0 Å². The van der Waals surface area contributed by atoms with Gasteiger partial charge in [-0.25, -0.2) is 13.1 Å². The molecule has 0 saturated heterocycles. The van der Waals surface area contributed by atoms with Crippen molar-refractivity contribution in [2.24, 2.45) is 0 Å². The van der Waals surface area contributed by atoms with Gasteiger partial charge in [0.2, 0.25) is 15.9 Å². The molecule has 1 amide bonds. The molecule has 0 radical (unpaired) electrons. The molecular weight excluding hydrogens is 336 g/mol. The van der Waals surface area contributed by atoms with Gasteiger partial charge in [-0.05, 0) is 53.8 Å². The minimum absolute atomic E-state index is 0.172. The zero-order valence-electron chi connectivity index (χ0n) is 14.8. The lowest BCUT2D eigenvalue weighted by Crippen LogP contribution is -2.24. The summed E-state index contributed by atoms with van der Waals surface area (Å²) in [6.45, 7) is 5.79. The van der Waals surface area contributed by atoms with Crippen LogP contribution in [0.3, 0.4) is 0 Å². The number of anilines is 1. The van der Waals surface area contributed by atoms with Gasteiger partial charge in [-0.1, -0.05) is 32.0 Å². The number of nitrogens with one attached hydrogen (secondary N) is 2. The Morgan fingerprint density at radius 1 is 0.960 bits per heavy atom. The van der Waals surface area contributed by atoms with E-state index in [1.807, 2.05) is 0 Å². The second kappa shape index (κ2) is 8.27. The SMILES string of the molecule is CCc1ccc(CC)c(CNS(=O)(=O)c2ccc(NC(C)=O)cc2)c1. The molecule has 2 rings (SSSR count). The molecule has 2 aromatic carbocycles. The Bertz CT molecular complexity index is 843. The first-order chi connectivity index (χ1) is 11.9. The van der Waals surface area contributed by atoms with Gasteiger partial charge in [0.1, 0.15) is 0 Å². The van der Waals surface area contributed by atoms with Crippen LogP contribution < -0.4 is 10.0 Å². The molecule has 0 fully saturated rings. The van der Waals surface area contributed by atoms with Crippen molar-refractivity contribution in [3.8, 4) is 0 Å². The van der Waals surface area contributed by atoms with E-state index in [4.69, 9.17) is 0 Å². The van der Waals surface area contributed by atoms with Crippen molar-refractivity contribution >= 4 is 21.6 Å². The molecule has 0 atom stereocenters. The Morgan fingerprint density at radius 2 is 1.64 bits per heavy atom. The van der Waals surface area contributed by atoms with Crippen molar-refractivity contribution in [1.82, 2.24) is 4.72 Å². The predicted molar refractivity (Wildman–Crippen MR) is 100.0 cm³/mol. The molecule has 0 aliphatic rings. The summed E-state index contributed by atoms with van der Waals surface area (Å²) in [6.07, 6.45) is 1.76. The first-order valence-electron chi connectivity index (χ1n) is 8.33. The number of hydrogen-bond donors (Lipinski definition) is 2. The quantitative estimate of drug-likeness (QED) is 0.796. The first kappa shape index (κ1) is 19.1. The van der Waals surface area contributed by atoms with Gasteiger partial charge < -0.3 is 5.32 Å². The van der Waals surface area contributed by atoms with Crippen LogP contribution in [0.4, 0.5) is 5.69 Å². The molecule has 0 spiro atoms. The Hall–Kier alpha value is -2.18. The number of aryl methyl sites for hydroxylation is 2. The average Bonchev–Trinajstić information content (AvgIpc) is 2.59. The van der Waals surface area contributed by atoms with Gasteiger partial charge >= 0.3 is 0 Å². The number of carbonyl (C=O) groups is 1. The molecule has 2 aromatic rings. The number of sulfonamides is 1. The Balaban J connectivity index is 2.15. The lowest BCUT2D eigenvalue weighted by molar-refractivity contribution is -0.114. The number of carbonyl (C=O) groups excluding carboxylic acids is 1. The van der Waals surface area contributed by atoms with Crippen LogP contribution in [0.1, 0.15) is 37.5 Å². The number of amides is 1. The summed E-state index contributed by atoms with van der Waals surface area (Å²) in [7, 11) is -3.61. The zero-order valence-corrected chi connectivity index (χ0v) is 15.6. The summed E-state index contributed by atoms with van der Waals surface area (Å²) in [5, 5.41) is 2.61. The predicted octanol–water partition coefficient (Wildman–Crippen LogP) is 3.25. The van der Waals surface area contributed by atoms with E-state index in [9.17, 15) is 13.2 Å². The Labute approximate surface area is 149 Å². The van der Waals surface area contributed by atoms with E-state index in [2.05, 4.69) is 42.1 Å². The fraction of sp³-hybridized carbons (Fsp3) is 0.316. The molecule has 0 unspecified atom stereocenters. The smallest absolute Gasteiger partial charge is 0.240 e. The lowest BCUT2D eigenvalue weighted by atomic mass is 10.0. The van der Waals surface area contributed by atoms with Crippen molar-refractivity contribution in [1.29, 1.82) is 0 Å². The maximum atomic E-state index is 12.5. The molecule has 0 aromatic heterocycles. The van der Waals surface area contributed by atoms with Crippen LogP contribution in [0.15, 0.2) is 47.4 Å². The first-order valence-corrected chi connectivity index (χ1v) is 9.82. The van der Waals surface area contributed by atoms with E-state index in [0.717, 1.165) is 24.0 Å². The van der Waals surface area contributed by atoms with E-state index in [0.29, 0.717) is 5.69 Å². The average molecular weight is 360 g/mol. The number of benzene rings is 2. The minimum atomic E-state index is -3.61. The molecule has 5 nitrogen and oxygen atoms in total. The van der Waals surface area contributed by atoms with Gasteiger partial charge in [0, 0.05) is 19.2 Å². The van der Waals surface area contributed by atoms with Crippen molar-refractivity contribution in [3.63, 3.8) is 0 Å². The zero-order chi connectivity index (χ0) is 18.4. The van der Waals surface area contributed by atoms with Gasteiger partial charge in [-0.15, -0.1) is 0 Å². The second-order valence-electron chi connectivity index (χ2n) is 5.84. The van der Waals surface area contributed by atoms with Crippen LogP contribution in [0.25, 0.3) is 0 Å². The van der Waals surface area contributed by atoms with E-state index in [1.165, 1.54) is 24.6 Å². The summed E-state index contributed by atoms with van der Waals surface area (Å²) in [5.41, 5.74) is 3.89. The van der Waals surface area contributed by atoms with Gasteiger partial charge in [-0.3, -0.25) is 4.79 Å². The van der Waals surface area contributed by atoms with E-state index >= 15 is 0 Å². The van der Waals surface area contributed by atoms with Crippen LogP contribution in [0.5, 0.6) is 0 Å². The molecule has 25 heavy (non-hydrogen) atoms. The van der Waals surface area contributed by atoms with Crippen molar-refractivity contribution in [2.45, 2.75) is 45.1 Å². The number of hydrogen-bond acceptors (Lipinski definition) is 3. The molecule has 0 saturated carbocycles. The molecule has 6 heteroatoms.